The van der Waals surface area contributed by atoms with Crippen LogP contribution in [0.5, 0.6) is 0 Å². The first-order chi connectivity index (χ1) is 2.27. The number of hydrogen-bond acceptors (Lipinski definition) is 0. The summed E-state index contributed by atoms with van der Waals surface area (Å²) in [5, 5.41) is 0. The van der Waals surface area contributed by atoms with Crippen molar-refractivity contribution >= 4 is 8.52 Å². The topological polar surface area (TPSA) is 29.0 Å². The summed E-state index contributed by atoms with van der Waals surface area (Å²) in [5.41, 5.74) is 5.07. The second kappa shape index (κ2) is 2.31. The first-order valence-corrected chi connectivity index (χ1v) is 2.27. The van der Waals surface area contributed by atoms with Crippen LogP contribution < -0.4 is 5.50 Å². The average molecular weight is 91.1 g/mol. The van der Waals surface area contributed by atoms with E-state index in [9.17, 15) is 0 Å². The predicted octanol–water partition coefficient (Wildman–Crippen LogP) is 0.262. The molecule has 30 valence electrons. The maximum atomic E-state index is 5.07. The number of nitrogens with zero attached hydrogens (tertiary/aromatic N) is 1. The van der Waals surface area contributed by atoms with Crippen molar-refractivity contribution in [1.29, 1.82) is 0 Å². The third kappa shape index (κ3) is 4.06. The van der Waals surface area contributed by atoms with Crippen molar-refractivity contribution in [3.05, 3.63) is 0 Å². The molecule has 0 aromatic heterocycles. The Morgan fingerprint density at radius 2 is 1.80 bits per heavy atom. The summed E-state index contributed by atoms with van der Waals surface area (Å²) in [6, 6.07) is 0. The van der Waals surface area contributed by atoms with Gasteiger partial charge in [0, 0.05) is 0 Å². The second-order valence-electron chi connectivity index (χ2n) is 0.963. The molecule has 0 aromatic rings. The van der Waals surface area contributed by atoms with Crippen molar-refractivity contribution in [3.8, 4) is 0 Å². The van der Waals surface area contributed by atoms with Gasteiger partial charge in [0.1, 0.15) is 14.1 Å². The molecule has 0 saturated heterocycles. The van der Waals surface area contributed by atoms with Crippen molar-refractivity contribution in [2.75, 3.05) is 14.1 Å². The van der Waals surface area contributed by atoms with Gasteiger partial charge in [-0.1, -0.05) is 0 Å². The van der Waals surface area contributed by atoms with E-state index < -0.39 is 0 Å². The molecule has 0 atom stereocenters. The van der Waals surface area contributed by atoms with Crippen LogP contribution in [0.4, 0.5) is 0 Å². The minimum Gasteiger partial charge on any atom is -0.229 e. The van der Waals surface area contributed by atoms with Gasteiger partial charge in [-0.2, -0.15) is 0 Å². The van der Waals surface area contributed by atoms with E-state index in [-0.39, 0.29) is 0 Å². The van der Waals surface area contributed by atoms with Crippen molar-refractivity contribution in [3.63, 3.8) is 0 Å². The van der Waals surface area contributed by atoms with E-state index >= 15 is 0 Å². The molecule has 0 aliphatic carbocycles. The van der Waals surface area contributed by atoms with Crippen LogP contribution in [0.2, 0.25) is 0 Å². The van der Waals surface area contributed by atoms with Crippen LogP contribution in [0.25, 0.3) is 0 Å². The minimum atomic E-state index is 0.830. The third-order valence-electron chi connectivity index (χ3n) is 0.231. The summed E-state index contributed by atoms with van der Waals surface area (Å²) in [4.78, 5) is 0. The highest BCUT2D eigenvalue weighted by Gasteiger charge is 1.68. The molecule has 0 aliphatic rings. The number of hydrogen-bond donors (Lipinski definition) is 1. The van der Waals surface area contributed by atoms with Crippen LogP contribution in [-0.2, 0) is 0 Å². The molecule has 0 aliphatic heterocycles. The zero-order chi connectivity index (χ0) is 4.28. The van der Waals surface area contributed by atoms with Gasteiger partial charge in [-0.05, 0) is 0 Å². The summed E-state index contributed by atoms with van der Waals surface area (Å²) >= 11 is 0. The second-order valence-corrected chi connectivity index (χ2v) is 1.99. The van der Waals surface area contributed by atoms with Gasteiger partial charge in [-0.15, -0.1) is 0 Å². The van der Waals surface area contributed by atoms with E-state index in [0.717, 1.165) is 8.52 Å². The predicted molar refractivity (Wildman–Crippen MR) is 23.2 cm³/mol. The largest absolute Gasteiger partial charge is 0.301 e. The zero-order valence-corrected chi connectivity index (χ0v) is 4.37. The molecule has 0 fully saturated rings. The number of rotatable bonds is 0. The normalized spacial score (nSPS) is 8.60. The SMILES string of the molecule is C[N+](C)=PN. The van der Waals surface area contributed by atoms with Gasteiger partial charge >= 0.3 is 8.52 Å². The molecule has 0 heterocycles. The molecule has 0 spiro atoms. The van der Waals surface area contributed by atoms with Crippen LogP contribution in [0, 0.1) is 0 Å². The minimum absolute atomic E-state index is 0.830. The highest BCUT2D eigenvalue weighted by atomic mass is 31.1. The Bertz CT molecular complexity index is 45.6. The lowest BCUT2D eigenvalue weighted by Crippen LogP contribution is -1.87. The monoisotopic (exact) mass is 91.0 g/mol. The first-order valence-electron chi connectivity index (χ1n) is 1.35. The molecule has 2 N–H and O–H groups in total. The third-order valence-corrected chi connectivity index (χ3v) is 0.693. The summed E-state index contributed by atoms with van der Waals surface area (Å²) in [6.45, 7) is 0. The molecule has 0 aromatic carbocycles. The fourth-order valence-corrected chi connectivity index (χ4v) is 0. The summed E-state index contributed by atoms with van der Waals surface area (Å²) < 4.78 is 1.88. The number of nitrogens with two attached hydrogens (primary N) is 1. The van der Waals surface area contributed by atoms with Crippen LogP contribution >= 0.6 is 8.52 Å². The molecule has 2 nitrogen and oxygen atoms in total. The van der Waals surface area contributed by atoms with E-state index in [1.54, 1.807) is 0 Å². The van der Waals surface area contributed by atoms with Crippen LogP contribution in [-0.4, -0.2) is 18.4 Å². The molecule has 0 amide bonds. The van der Waals surface area contributed by atoms with Crippen molar-refractivity contribution < 1.29 is 4.33 Å². The molecule has 5 heavy (non-hydrogen) atoms. The standard InChI is InChI=1S/C2H7N2P/c1-4(2)5-3/h3H,1-2H3/p+1. The zero-order valence-electron chi connectivity index (χ0n) is 3.47. The summed E-state index contributed by atoms with van der Waals surface area (Å²) in [6.07, 6.45) is 0. The Labute approximate surface area is 33.5 Å². The molecule has 3 heteroatoms. The quantitative estimate of drug-likeness (QED) is 0.426. The van der Waals surface area contributed by atoms with E-state index in [1.165, 1.54) is 0 Å². The Balaban J connectivity index is 3.14. The molecule has 0 unspecified atom stereocenters. The van der Waals surface area contributed by atoms with Crippen LogP contribution in [0.3, 0.4) is 0 Å². The Morgan fingerprint density at radius 3 is 1.80 bits per heavy atom. The molecule has 0 rings (SSSR count). The Morgan fingerprint density at radius 1 is 1.60 bits per heavy atom. The fourth-order valence-electron chi connectivity index (χ4n) is 0. The van der Waals surface area contributed by atoms with Gasteiger partial charge < -0.3 is 0 Å². The lowest BCUT2D eigenvalue weighted by Gasteiger charge is -1.69. The van der Waals surface area contributed by atoms with Gasteiger partial charge in [0.2, 0.25) is 0 Å². The fraction of sp³-hybridized carbons (Fsp3) is 1.00. The van der Waals surface area contributed by atoms with Crippen molar-refractivity contribution in [2.24, 2.45) is 5.50 Å². The van der Waals surface area contributed by atoms with E-state index in [1.807, 2.05) is 18.4 Å². The van der Waals surface area contributed by atoms with Crippen molar-refractivity contribution in [2.45, 2.75) is 0 Å². The molecule has 0 bridgehead atoms. The van der Waals surface area contributed by atoms with Gasteiger partial charge in [0.15, 0.2) is 0 Å². The molecular formula is C2H8N2P+. The average Bonchev–Trinajstić information content (AvgIpc) is 1.38. The van der Waals surface area contributed by atoms with Gasteiger partial charge in [-0.3, -0.25) is 0 Å². The highest BCUT2D eigenvalue weighted by Crippen LogP contribution is 1.72. The van der Waals surface area contributed by atoms with Crippen LogP contribution in [0.1, 0.15) is 0 Å². The maximum absolute atomic E-state index is 5.07. The van der Waals surface area contributed by atoms with Gasteiger partial charge in [-0.25, -0.2) is 9.83 Å². The Kier molecular flexibility index (Phi) is 2.33. The van der Waals surface area contributed by atoms with Gasteiger partial charge in [0.05, 0.1) is 0 Å². The Hall–Kier alpha value is 0.0600. The van der Waals surface area contributed by atoms with E-state index in [2.05, 4.69) is 0 Å². The van der Waals surface area contributed by atoms with Crippen molar-refractivity contribution in [1.82, 2.24) is 0 Å². The molecule has 0 saturated carbocycles. The van der Waals surface area contributed by atoms with Gasteiger partial charge in [0.25, 0.3) is 0 Å². The van der Waals surface area contributed by atoms with Crippen LogP contribution in [0.15, 0.2) is 0 Å². The molecular weight excluding hydrogens is 83.0 g/mol. The summed E-state index contributed by atoms with van der Waals surface area (Å²) in [7, 11) is 4.67. The van der Waals surface area contributed by atoms with E-state index in [4.69, 9.17) is 5.50 Å². The lowest BCUT2D eigenvalue weighted by atomic mass is 11.3. The highest BCUT2D eigenvalue weighted by molar-refractivity contribution is 7.20. The summed E-state index contributed by atoms with van der Waals surface area (Å²) in [5.74, 6) is 0. The maximum Gasteiger partial charge on any atom is 0.301 e. The smallest absolute Gasteiger partial charge is 0.229 e. The van der Waals surface area contributed by atoms with E-state index in [0.29, 0.717) is 0 Å². The molecule has 0 radical (unpaired) electrons. The lowest BCUT2D eigenvalue weighted by molar-refractivity contribution is -0.438. The first kappa shape index (κ1) is 5.06.